The lowest BCUT2D eigenvalue weighted by Gasteiger charge is -2.23. The van der Waals surface area contributed by atoms with Gasteiger partial charge in [0.15, 0.2) is 0 Å². The van der Waals surface area contributed by atoms with E-state index < -0.39 is 20.0 Å². The van der Waals surface area contributed by atoms with Gasteiger partial charge in [0.1, 0.15) is 23.0 Å². The molecule has 0 aliphatic carbocycles. The largest absolute Gasteiger partial charge is 0.497 e. The minimum Gasteiger partial charge on any atom is -0.497 e. The smallest absolute Gasteiger partial charge is 0.221 e. The second-order valence-electron chi connectivity index (χ2n) is 15.0. The molecule has 4 aromatic rings. The zero-order chi connectivity index (χ0) is 46.3. The molecule has 0 aromatic heterocycles. The third kappa shape index (κ3) is 19.3. The summed E-state index contributed by atoms with van der Waals surface area (Å²) < 4.78 is 76.6. The number of nitrogens with zero attached hydrogens (tertiary/aromatic N) is 2. The lowest BCUT2D eigenvalue weighted by molar-refractivity contribution is -0.121. The average Bonchev–Trinajstić information content (AvgIpc) is 3.28. The summed E-state index contributed by atoms with van der Waals surface area (Å²) in [4.78, 5) is 11.5. The van der Waals surface area contributed by atoms with E-state index in [4.69, 9.17) is 18.9 Å². The van der Waals surface area contributed by atoms with E-state index in [1.807, 2.05) is 111 Å². The van der Waals surface area contributed by atoms with Crippen LogP contribution in [0.25, 0.3) is 0 Å². The Hall–Kier alpha value is -4.75. The van der Waals surface area contributed by atoms with Crippen molar-refractivity contribution in [1.82, 2.24) is 29.9 Å². The number of sulfonamides is 2. The number of carbonyl (C=O) groups excluding carboxylic acids is 1. The summed E-state index contributed by atoms with van der Waals surface area (Å²) in [5, 5.41) is 12.1. The van der Waals surface area contributed by atoms with Crippen LogP contribution in [0.1, 0.15) is 48.9 Å². The van der Waals surface area contributed by atoms with Gasteiger partial charge in [-0.2, -0.15) is 8.61 Å². The van der Waals surface area contributed by atoms with Gasteiger partial charge in [0.2, 0.25) is 26.0 Å². The number of amides is 1. The van der Waals surface area contributed by atoms with Crippen molar-refractivity contribution in [2.45, 2.75) is 65.0 Å². The molecule has 0 unspecified atom stereocenters. The predicted octanol–water partition coefficient (Wildman–Crippen LogP) is 4.77. The number of benzene rings is 4. The number of hydrogen-bond acceptors (Lipinski definition) is 12. The molecule has 4 rings (SSSR count). The molecule has 0 spiro atoms. The second kappa shape index (κ2) is 27.4. The van der Waals surface area contributed by atoms with E-state index in [0.29, 0.717) is 31.1 Å². The number of nitrogens with one attached hydrogen (secondary N) is 4. The first-order valence-electron chi connectivity index (χ1n) is 20.9. The summed E-state index contributed by atoms with van der Waals surface area (Å²) in [5.74, 6) is 2.80. The van der Waals surface area contributed by atoms with Crippen LogP contribution in [0.2, 0.25) is 0 Å². The van der Waals surface area contributed by atoms with Gasteiger partial charge in [-0.25, -0.2) is 16.8 Å². The number of carbonyl (C=O) groups is 1. The third-order valence-corrected chi connectivity index (χ3v) is 13.7. The SMILES string of the molecule is CNC(=O)C[C@H](C)NCCS(=O)(=O)N(Cc1ccc(OC)cc1)Cc1ccc(OC)cc1.CNCC[C@H](C)NCCS(=O)(=O)N(Cc1ccc(OC)cc1)Cc1ccc(OC)cc1. The van der Waals surface area contributed by atoms with Crippen LogP contribution >= 0.6 is 0 Å². The first-order chi connectivity index (χ1) is 30.1. The molecule has 4 N–H and O–H groups in total. The van der Waals surface area contributed by atoms with E-state index in [9.17, 15) is 21.6 Å². The highest BCUT2D eigenvalue weighted by molar-refractivity contribution is 7.89. The summed E-state index contributed by atoms with van der Waals surface area (Å²) in [6, 6.07) is 29.8. The predicted molar refractivity (Wildman–Crippen MR) is 250 cm³/mol. The van der Waals surface area contributed by atoms with Crippen LogP contribution in [-0.4, -0.2) is 117 Å². The van der Waals surface area contributed by atoms with Crippen LogP contribution in [0.4, 0.5) is 0 Å². The molecule has 0 heterocycles. The Kier molecular flexibility index (Phi) is 22.9. The highest BCUT2D eigenvalue weighted by atomic mass is 32.2. The minimum absolute atomic E-state index is 0.0448. The Balaban J connectivity index is 0.000000335. The van der Waals surface area contributed by atoms with Crippen LogP contribution in [0.15, 0.2) is 97.1 Å². The second-order valence-corrected chi connectivity index (χ2v) is 19.2. The van der Waals surface area contributed by atoms with Gasteiger partial charge in [-0.1, -0.05) is 48.5 Å². The van der Waals surface area contributed by atoms with E-state index in [1.54, 1.807) is 35.5 Å². The van der Waals surface area contributed by atoms with Crippen molar-refractivity contribution in [2.75, 3.05) is 73.7 Å². The fourth-order valence-electron chi connectivity index (χ4n) is 6.29. The topological polar surface area (TPSA) is 177 Å². The molecule has 63 heavy (non-hydrogen) atoms. The summed E-state index contributed by atoms with van der Waals surface area (Å²) in [5.41, 5.74) is 3.55. The molecule has 2 atom stereocenters. The monoisotopic (exact) mass is 912 g/mol. The van der Waals surface area contributed by atoms with E-state index in [1.165, 1.54) is 8.61 Å². The fourth-order valence-corrected chi connectivity index (χ4v) is 8.94. The molecule has 0 aliphatic heterocycles. The lowest BCUT2D eigenvalue weighted by Crippen LogP contribution is -2.39. The first-order valence-corrected chi connectivity index (χ1v) is 24.2. The van der Waals surface area contributed by atoms with E-state index in [2.05, 4.69) is 28.2 Å². The maximum atomic E-state index is 13.2. The lowest BCUT2D eigenvalue weighted by atomic mass is 10.2. The molecule has 15 nitrogen and oxygen atoms in total. The van der Waals surface area contributed by atoms with Crippen molar-refractivity contribution in [2.24, 2.45) is 0 Å². The van der Waals surface area contributed by atoms with Crippen LogP contribution in [0.3, 0.4) is 0 Å². The Bertz CT molecular complexity index is 2030. The molecule has 0 radical (unpaired) electrons. The van der Waals surface area contributed by atoms with Crippen molar-refractivity contribution < 1.29 is 40.6 Å². The zero-order valence-electron chi connectivity index (χ0n) is 38.1. The summed E-state index contributed by atoms with van der Waals surface area (Å²) in [6.45, 7) is 6.56. The normalized spacial score (nSPS) is 12.5. The molecule has 0 saturated heterocycles. The molecule has 4 aromatic carbocycles. The van der Waals surface area contributed by atoms with Gasteiger partial charge in [0.25, 0.3) is 0 Å². The molecule has 17 heteroatoms. The molecule has 0 saturated carbocycles. The molecule has 348 valence electrons. The minimum atomic E-state index is -3.57. The van der Waals surface area contributed by atoms with Gasteiger partial charge in [-0.3, -0.25) is 4.79 Å². The van der Waals surface area contributed by atoms with Gasteiger partial charge in [0, 0.05) is 64.8 Å². The van der Waals surface area contributed by atoms with E-state index >= 15 is 0 Å². The van der Waals surface area contributed by atoms with Crippen molar-refractivity contribution in [3.63, 3.8) is 0 Å². The van der Waals surface area contributed by atoms with Crippen LogP contribution in [-0.2, 0) is 51.0 Å². The Labute approximate surface area is 375 Å². The van der Waals surface area contributed by atoms with Gasteiger partial charge in [0.05, 0.1) is 39.9 Å². The number of hydrogen-bond donors (Lipinski definition) is 4. The fraction of sp³-hybridized carbons (Fsp3) is 0.457. The van der Waals surface area contributed by atoms with Crippen LogP contribution < -0.4 is 40.2 Å². The van der Waals surface area contributed by atoms with E-state index in [0.717, 1.165) is 46.7 Å². The Morgan fingerprint density at radius 3 is 1.08 bits per heavy atom. The van der Waals surface area contributed by atoms with Crippen LogP contribution in [0, 0.1) is 0 Å². The van der Waals surface area contributed by atoms with Crippen molar-refractivity contribution in [3.05, 3.63) is 119 Å². The number of ether oxygens (including phenoxy) is 4. The standard InChI is InChI=1S/C23H33N3O5S.C23H35N3O4S/c1-18(15-23(27)24-2)25-13-14-32(28,29)26(16-19-5-9-21(30-3)10-6-19)17-20-7-11-22(31-4)12-8-20;1-19(13-14-24-2)25-15-16-31(27,28)26(17-20-5-9-22(29-3)10-6-20)18-21-7-11-23(30-4)12-8-21/h5-12,18,25H,13-17H2,1-4H3,(H,24,27);5-12,19,24-25H,13-18H2,1-4H3/t18-;19-/m00/s1. The molecular weight excluding hydrogens is 845 g/mol. The summed E-state index contributed by atoms with van der Waals surface area (Å²) in [7, 11) is 2.85. The number of methoxy groups -OCH3 is 4. The third-order valence-electron chi connectivity index (χ3n) is 10.2. The van der Waals surface area contributed by atoms with E-state index in [-0.39, 0.29) is 55.6 Å². The van der Waals surface area contributed by atoms with Gasteiger partial charge in [-0.05, 0) is 105 Å². The van der Waals surface area contributed by atoms with Crippen molar-refractivity contribution in [1.29, 1.82) is 0 Å². The molecule has 0 fully saturated rings. The highest BCUT2D eigenvalue weighted by Gasteiger charge is 2.24. The first kappa shape index (κ1) is 52.6. The van der Waals surface area contributed by atoms with Gasteiger partial charge >= 0.3 is 0 Å². The zero-order valence-corrected chi connectivity index (χ0v) is 39.7. The summed E-state index contributed by atoms with van der Waals surface area (Å²) in [6.07, 6.45) is 1.23. The highest BCUT2D eigenvalue weighted by Crippen LogP contribution is 2.21. The molecular formula is C46H68N6O9S2. The molecule has 0 bridgehead atoms. The summed E-state index contributed by atoms with van der Waals surface area (Å²) >= 11 is 0. The van der Waals surface area contributed by atoms with Crippen molar-refractivity contribution >= 4 is 26.0 Å². The molecule has 0 aliphatic rings. The maximum Gasteiger partial charge on any atom is 0.221 e. The van der Waals surface area contributed by atoms with Gasteiger partial charge in [-0.15, -0.1) is 0 Å². The Morgan fingerprint density at radius 2 is 0.810 bits per heavy atom. The van der Waals surface area contributed by atoms with Gasteiger partial charge < -0.3 is 40.2 Å². The average molecular weight is 913 g/mol. The molecule has 1 amide bonds. The quantitative estimate of drug-likeness (QED) is 0.0646. The maximum absolute atomic E-state index is 13.2. The Morgan fingerprint density at radius 1 is 0.508 bits per heavy atom. The van der Waals surface area contributed by atoms with Crippen LogP contribution in [0.5, 0.6) is 23.0 Å². The number of rotatable bonds is 27. The van der Waals surface area contributed by atoms with Crippen molar-refractivity contribution in [3.8, 4) is 23.0 Å².